The van der Waals surface area contributed by atoms with Crippen LogP contribution in [0, 0.1) is 20.8 Å². The molecule has 1 rings (SSSR count). The van der Waals surface area contributed by atoms with Crippen molar-refractivity contribution in [3.8, 4) is 0 Å². The SMILES string of the molecule is Cc1nc(C)c(C[Se][SeH])nc1C. The number of rotatable bonds is 2. The molecule has 0 N–H and O–H groups in total. The molecule has 1 aromatic heterocycles. The van der Waals surface area contributed by atoms with Gasteiger partial charge in [0.1, 0.15) is 0 Å². The van der Waals surface area contributed by atoms with Crippen LogP contribution in [0.2, 0.25) is 0 Å². The van der Waals surface area contributed by atoms with E-state index in [1.54, 1.807) is 0 Å². The first-order chi connectivity index (χ1) is 5.65. The van der Waals surface area contributed by atoms with Crippen molar-refractivity contribution in [2.45, 2.75) is 26.1 Å². The Labute approximate surface area is 86.1 Å². The molecule has 0 unspecified atom stereocenters. The van der Waals surface area contributed by atoms with E-state index in [1.165, 1.54) is 5.69 Å². The molecule has 12 heavy (non-hydrogen) atoms. The van der Waals surface area contributed by atoms with Crippen molar-refractivity contribution in [3.63, 3.8) is 0 Å². The van der Waals surface area contributed by atoms with Crippen LogP contribution in [0.5, 0.6) is 0 Å². The van der Waals surface area contributed by atoms with Gasteiger partial charge in [-0.3, -0.25) is 0 Å². The van der Waals surface area contributed by atoms with E-state index in [4.69, 9.17) is 0 Å². The van der Waals surface area contributed by atoms with Gasteiger partial charge in [-0.15, -0.1) is 0 Å². The van der Waals surface area contributed by atoms with Crippen LogP contribution in [-0.4, -0.2) is 37.3 Å². The van der Waals surface area contributed by atoms with Crippen molar-refractivity contribution in [1.82, 2.24) is 9.97 Å². The maximum atomic E-state index is 4.51. The first kappa shape index (κ1) is 10.2. The molecule has 0 atom stereocenters. The van der Waals surface area contributed by atoms with E-state index in [9.17, 15) is 0 Å². The molecule has 1 aromatic rings. The quantitative estimate of drug-likeness (QED) is 0.739. The summed E-state index contributed by atoms with van der Waals surface area (Å²) >= 11 is 3.23. The second kappa shape index (κ2) is 4.38. The van der Waals surface area contributed by atoms with Gasteiger partial charge < -0.3 is 0 Å². The summed E-state index contributed by atoms with van der Waals surface area (Å²) in [7, 11) is 0. The van der Waals surface area contributed by atoms with Crippen molar-refractivity contribution >= 4 is 27.3 Å². The Bertz CT molecular complexity index is 287. The normalized spacial score (nSPS) is 10.3. The summed E-state index contributed by atoms with van der Waals surface area (Å²) in [5.41, 5.74) is 4.37. The van der Waals surface area contributed by atoms with Gasteiger partial charge in [0.2, 0.25) is 0 Å². The molecule has 2 nitrogen and oxygen atoms in total. The molecular weight excluding hydrogens is 282 g/mol. The van der Waals surface area contributed by atoms with Gasteiger partial charge in [-0.25, -0.2) is 0 Å². The minimum absolute atomic E-state index is 0.591. The summed E-state index contributed by atoms with van der Waals surface area (Å²) in [6.45, 7) is 6.06. The van der Waals surface area contributed by atoms with E-state index >= 15 is 0 Å². The third kappa shape index (κ3) is 2.30. The fourth-order valence-corrected chi connectivity index (χ4v) is 3.12. The van der Waals surface area contributed by atoms with Crippen LogP contribution < -0.4 is 0 Å². The van der Waals surface area contributed by atoms with Crippen LogP contribution in [0.3, 0.4) is 0 Å². The Morgan fingerprint density at radius 2 is 1.67 bits per heavy atom. The molecule has 0 aliphatic heterocycles. The molecule has 1 heterocycles. The van der Waals surface area contributed by atoms with Crippen LogP contribution >= 0.6 is 0 Å². The molecule has 0 aliphatic carbocycles. The van der Waals surface area contributed by atoms with Gasteiger partial charge in [0.15, 0.2) is 0 Å². The molecule has 66 valence electrons. The van der Waals surface area contributed by atoms with Crippen molar-refractivity contribution < 1.29 is 0 Å². The molecular formula is C8H12N2Se2. The van der Waals surface area contributed by atoms with Crippen molar-refractivity contribution in [2.24, 2.45) is 0 Å². The Morgan fingerprint density at radius 1 is 1.08 bits per heavy atom. The second-order valence-corrected chi connectivity index (χ2v) is 6.66. The van der Waals surface area contributed by atoms with E-state index in [0.717, 1.165) is 22.4 Å². The number of aromatic nitrogens is 2. The fraction of sp³-hybridized carbons (Fsp3) is 0.500. The first-order valence-corrected chi connectivity index (χ1v) is 9.68. The summed E-state index contributed by atoms with van der Waals surface area (Å²) in [5.74, 6) is 0. The topological polar surface area (TPSA) is 25.8 Å². The van der Waals surface area contributed by atoms with Gasteiger partial charge in [-0.05, 0) is 0 Å². The van der Waals surface area contributed by atoms with E-state index < -0.39 is 0 Å². The van der Waals surface area contributed by atoms with E-state index in [-0.39, 0.29) is 0 Å². The van der Waals surface area contributed by atoms with Gasteiger partial charge in [0.05, 0.1) is 0 Å². The van der Waals surface area contributed by atoms with Crippen molar-refractivity contribution in [3.05, 3.63) is 22.8 Å². The summed E-state index contributed by atoms with van der Waals surface area (Å²) < 4.78 is 0. The molecule has 4 heteroatoms. The van der Waals surface area contributed by atoms with Crippen LogP contribution in [0.25, 0.3) is 0 Å². The molecule has 0 spiro atoms. The predicted octanol–water partition coefficient (Wildman–Crippen LogP) is 0.422. The molecule has 0 bridgehead atoms. The summed E-state index contributed by atoms with van der Waals surface area (Å²) in [4.78, 5) is 8.94. The van der Waals surface area contributed by atoms with Crippen LogP contribution in [0.1, 0.15) is 22.8 Å². The zero-order chi connectivity index (χ0) is 9.14. The van der Waals surface area contributed by atoms with Gasteiger partial charge in [-0.1, -0.05) is 0 Å². The number of hydrogen-bond donors (Lipinski definition) is 0. The average Bonchev–Trinajstić information content (AvgIpc) is 2.01. The van der Waals surface area contributed by atoms with Gasteiger partial charge in [-0.2, -0.15) is 0 Å². The average molecular weight is 294 g/mol. The standard InChI is InChI=1S/C8H12N2Se2/c1-5-6(2)10-8(4-12-11)7(3)9-5/h11H,4H2,1-3H3. The third-order valence-corrected chi connectivity index (χ3v) is 4.03. The van der Waals surface area contributed by atoms with Gasteiger partial charge >= 0.3 is 86.2 Å². The molecule has 0 saturated carbocycles. The molecule has 0 radical (unpaired) electrons. The van der Waals surface area contributed by atoms with E-state index in [1.807, 2.05) is 20.8 Å². The summed E-state index contributed by atoms with van der Waals surface area (Å²) in [6, 6.07) is 0. The minimum atomic E-state index is 0.591. The van der Waals surface area contributed by atoms with Gasteiger partial charge in [0.25, 0.3) is 0 Å². The Kier molecular flexibility index (Phi) is 3.73. The van der Waals surface area contributed by atoms with Crippen LogP contribution in [0.15, 0.2) is 0 Å². The van der Waals surface area contributed by atoms with Crippen molar-refractivity contribution in [2.75, 3.05) is 0 Å². The first-order valence-electron chi connectivity index (χ1n) is 3.72. The molecule has 0 amide bonds. The number of aryl methyl sites for hydroxylation is 3. The van der Waals surface area contributed by atoms with E-state index in [0.29, 0.717) is 13.1 Å². The summed E-state index contributed by atoms with van der Waals surface area (Å²) in [6.07, 6.45) is 0. The number of nitrogens with zero attached hydrogens (tertiary/aromatic N) is 2. The summed E-state index contributed by atoms with van der Waals surface area (Å²) in [5, 5.41) is 1.08. The van der Waals surface area contributed by atoms with Crippen LogP contribution in [0.4, 0.5) is 0 Å². The Hall–Kier alpha value is 0.119. The molecule has 0 fully saturated rings. The zero-order valence-electron chi connectivity index (χ0n) is 7.46. The Balaban J connectivity index is 3.05. The third-order valence-electron chi connectivity index (χ3n) is 1.78. The number of hydrogen-bond acceptors (Lipinski definition) is 2. The van der Waals surface area contributed by atoms with Crippen molar-refractivity contribution in [1.29, 1.82) is 0 Å². The Morgan fingerprint density at radius 3 is 2.25 bits per heavy atom. The zero-order valence-corrected chi connectivity index (χ0v) is 11.0. The molecule has 0 saturated heterocycles. The van der Waals surface area contributed by atoms with Crippen LogP contribution in [-0.2, 0) is 5.32 Å². The van der Waals surface area contributed by atoms with Gasteiger partial charge in [0, 0.05) is 0 Å². The molecule has 0 aromatic carbocycles. The predicted molar refractivity (Wildman–Crippen MR) is 52.9 cm³/mol. The monoisotopic (exact) mass is 296 g/mol. The second-order valence-electron chi connectivity index (χ2n) is 2.70. The molecule has 0 aliphatic rings. The maximum absolute atomic E-state index is 4.51. The van der Waals surface area contributed by atoms with E-state index in [2.05, 4.69) is 24.2 Å². The fourth-order valence-electron chi connectivity index (χ4n) is 0.959.